The molecule has 0 aromatic carbocycles. The highest BCUT2D eigenvalue weighted by atomic mass is 16.5. The van der Waals surface area contributed by atoms with Gasteiger partial charge in [0.2, 0.25) is 0 Å². The molecule has 0 aliphatic carbocycles. The first-order chi connectivity index (χ1) is 10.1. The lowest BCUT2D eigenvalue weighted by atomic mass is 10.1. The Labute approximate surface area is 119 Å². The van der Waals surface area contributed by atoms with Crippen molar-refractivity contribution in [3.63, 3.8) is 0 Å². The topological polar surface area (TPSA) is 101 Å². The zero-order valence-electron chi connectivity index (χ0n) is 11.4. The summed E-state index contributed by atoms with van der Waals surface area (Å²) in [6, 6.07) is 2.48. The van der Waals surface area contributed by atoms with Gasteiger partial charge in [-0.25, -0.2) is 4.98 Å². The third kappa shape index (κ3) is 2.70. The van der Waals surface area contributed by atoms with Crippen molar-refractivity contribution in [3.05, 3.63) is 46.0 Å². The quantitative estimate of drug-likeness (QED) is 0.852. The van der Waals surface area contributed by atoms with Crippen molar-refractivity contribution < 1.29 is 14.1 Å². The van der Waals surface area contributed by atoms with Crippen LogP contribution in [0.5, 0.6) is 0 Å². The highest BCUT2D eigenvalue weighted by molar-refractivity contribution is 5.92. The van der Waals surface area contributed by atoms with Crippen LogP contribution in [0.1, 0.15) is 28.0 Å². The minimum absolute atomic E-state index is 0.225. The Bertz CT molecular complexity index is 694. The molecule has 0 spiro atoms. The van der Waals surface area contributed by atoms with Crippen LogP contribution in [0, 0.1) is 6.92 Å². The first-order valence-electron chi connectivity index (χ1n) is 6.52. The summed E-state index contributed by atoms with van der Waals surface area (Å²) in [5.41, 5.74) is 0.480. The standard InChI is InChI=1S/C13H14N4O4/c1-8-14-10(6-12(18)15-8)11-7-20-5-3-17(11)13(19)9-2-4-21-16-9/h2,4,6,11H,3,5,7H2,1H3,(H,14,15,18)/t11-/m1/s1. The summed E-state index contributed by atoms with van der Waals surface area (Å²) >= 11 is 0. The van der Waals surface area contributed by atoms with E-state index in [0.717, 1.165) is 0 Å². The number of nitrogens with zero attached hydrogens (tertiary/aromatic N) is 3. The van der Waals surface area contributed by atoms with Gasteiger partial charge in [0, 0.05) is 18.7 Å². The van der Waals surface area contributed by atoms with Gasteiger partial charge in [-0.2, -0.15) is 0 Å². The molecule has 1 N–H and O–H groups in total. The lowest BCUT2D eigenvalue weighted by Gasteiger charge is -2.34. The maximum Gasteiger partial charge on any atom is 0.276 e. The normalized spacial score (nSPS) is 18.7. The number of hydrogen-bond acceptors (Lipinski definition) is 6. The molecule has 1 saturated heterocycles. The highest BCUT2D eigenvalue weighted by Crippen LogP contribution is 2.23. The average molecular weight is 290 g/mol. The SMILES string of the molecule is Cc1nc([C@H]2COCCN2C(=O)c2ccon2)cc(=O)[nH]1. The molecule has 3 heterocycles. The van der Waals surface area contributed by atoms with E-state index in [-0.39, 0.29) is 17.2 Å². The summed E-state index contributed by atoms with van der Waals surface area (Å²) in [7, 11) is 0. The molecule has 8 heteroatoms. The van der Waals surface area contributed by atoms with Gasteiger partial charge in [-0.3, -0.25) is 9.59 Å². The number of aryl methyl sites for hydroxylation is 1. The molecule has 1 atom stereocenters. The Morgan fingerprint density at radius 3 is 3.10 bits per heavy atom. The molecular formula is C13H14N4O4. The molecule has 21 heavy (non-hydrogen) atoms. The van der Waals surface area contributed by atoms with Crippen molar-refractivity contribution in [2.45, 2.75) is 13.0 Å². The second-order valence-corrected chi connectivity index (χ2v) is 4.73. The van der Waals surface area contributed by atoms with Crippen LogP contribution >= 0.6 is 0 Å². The van der Waals surface area contributed by atoms with Gasteiger partial charge >= 0.3 is 0 Å². The number of rotatable bonds is 2. The van der Waals surface area contributed by atoms with Crippen molar-refractivity contribution >= 4 is 5.91 Å². The second kappa shape index (κ2) is 5.49. The van der Waals surface area contributed by atoms with Crippen LogP contribution in [0.3, 0.4) is 0 Å². The Morgan fingerprint density at radius 2 is 2.38 bits per heavy atom. The zero-order valence-corrected chi connectivity index (χ0v) is 11.4. The maximum absolute atomic E-state index is 12.4. The summed E-state index contributed by atoms with van der Waals surface area (Å²) in [6.07, 6.45) is 1.35. The van der Waals surface area contributed by atoms with Crippen molar-refractivity contribution in [2.75, 3.05) is 19.8 Å². The second-order valence-electron chi connectivity index (χ2n) is 4.73. The van der Waals surface area contributed by atoms with E-state index in [4.69, 9.17) is 9.26 Å². The fourth-order valence-electron chi connectivity index (χ4n) is 2.34. The highest BCUT2D eigenvalue weighted by Gasteiger charge is 2.31. The molecule has 1 fully saturated rings. The number of aromatic nitrogens is 3. The number of hydrogen-bond donors (Lipinski definition) is 1. The lowest BCUT2D eigenvalue weighted by molar-refractivity contribution is -0.00451. The number of ether oxygens (including phenoxy) is 1. The Hall–Kier alpha value is -2.48. The van der Waals surface area contributed by atoms with Crippen molar-refractivity contribution in [1.29, 1.82) is 0 Å². The number of H-pyrrole nitrogens is 1. The summed E-state index contributed by atoms with van der Waals surface area (Å²) in [5, 5.41) is 3.66. The first-order valence-corrected chi connectivity index (χ1v) is 6.52. The number of carbonyl (C=O) groups excluding carboxylic acids is 1. The molecule has 110 valence electrons. The third-order valence-corrected chi connectivity index (χ3v) is 3.27. The van der Waals surface area contributed by atoms with Crippen molar-refractivity contribution in [3.8, 4) is 0 Å². The molecule has 0 radical (unpaired) electrons. The van der Waals surface area contributed by atoms with Crippen molar-refractivity contribution in [1.82, 2.24) is 20.0 Å². The summed E-state index contributed by atoms with van der Waals surface area (Å²) in [5.74, 6) is 0.230. The molecule has 1 aliphatic heterocycles. The van der Waals surface area contributed by atoms with Gasteiger partial charge in [0.15, 0.2) is 5.69 Å². The molecule has 0 unspecified atom stereocenters. The number of aromatic amines is 1. The summed E-state index contributed by atoms with van der Waals surface area (Å²) < 4.78 is 10.1. The van der Waals surface area contributed by atoms with E-state index in [0.29, 0.717) is 31.3 Å². The Kier molecular flexibility index (Phi) is 3.53. The molecule has 2 aromatic rings. The van der Waals surface area contributed by atoms with E-state index in [2.05, 4.69) is 15.1 Å². The molecular weight excluding hydrogens is 276 g/mol. The molecule has 2 aromatic heterocycles. The van der Waals surface area contributed by atoms with Crippen molar-refractivity contribution in [2.24, 2.45) is 0 Å². The van der Waals surface area contributed by atoms with E-state index in [1.807, 2.05) is 0 Å². The fraction of sp³-hybridized carbons (Fsp3) is 0.385. The minimum atomic E-state index is -0.413. The molecule has 0 bridgehead atoms. The van der Waals surface area contributed by atoms with Crippen LogP contribution in [0.4, 0.5) is 0 Å². The minimum Gasteiger partial charge on any atom is -0.377 e. The third-order valence-electron chi connectivity index (χ3n) is 3.27. The van der Waals surface area contributed by atoms with Crippen LogP contribution in [0.25, 0.3) is 0 Å². The molecule has 1 amide bonds. The Morgan fingerprint density at radius 1 is 1.52 bits per heavy atom. The van der Waals surface area contributed by atoms with Gasteiger partial charge in [0.05, 0.1) is 24.9 Å². The molecule has 8 nitrogen and oxygen atoms in total. The lowest BCUT2D eigenvalue weighted by Crippen LogP contribution is -2.44. The van der Waals surface area contributed by atoms with Gasteiger partial charge in [0.1, 0.15) is 12.1 Å². The molecule has 0 saturated carbocycles. The fourth-order valence-corrected chi connectivity index (χ4v) is 2.34. The monoisotopic (exact) mass is 290 g/mol. The smallest absolute Gasteiger partial charge is 0.276 e. The van der Waals surface area contributed by atoms with E-state index in [1.54, 1.807) is 11.8 Å². The van der Waals surface area contributed by atoms with Gasteiger partial charge in [-0.15, -0.1) is 0 Å². The van der Waals surface area contributed by atoms with E-state index >= 15 is 0 Å². The van der Waals surface area contributed by atoms with Crippen LogP contribution in [-0.2, 0) is 4.74 Å². The summed E-state index contributed by atoms with van der Waals surface area (Å²) in [4.78, 5) is 32.5. The number of carbonyl (C=O) groups is 1. The largest absolute Gasteiger partial charge is 0.377 e. The zero-order chi connectivity index (χ0) is 14.8. The predicted molar refractivity (Wildman–Crippen MR) is 70.7 cm³/mol. The van der Waals surface area contributed by atoms with E-state index in [1.165, 1.54) is 18.4 Å². The van der Waals surface area contributed by atoms with Gasteiger partial charge in [0.25, 0.3) is 11.5 Å². The maximum atomic E-state index is 12.4. The molecule has 3 rings (SSSR count). The summed E-state index contributed by atoms with van der Waals surface area (Å²) in [6.45, 7) is 2.82. The van der Waals surface area contributed by atoms with Gasteiger partial charge in [-0.05, 0) is 6.92 Å². The van der Waals surface area contributed by atoms with Crippen LogP contribution < -0.4 is 5.56 Å². The van der Waals surface area contributed by atoms with E-state index < -0.39 is 6.04 Å². The van der Waals surface area contributed by atoms with E-state index in [9.17, 15) is 9.59 Å². The number of nitrogens with one attached hydrogen (secondary N) is 1. The average Bonchev–Trinajstić information content (AvgIpc) is 2.99. The predicted octanol–water partition coefficient (Wildman–Crippen LogP) is 0.280. The van der Waals surface area contributed by atoms with Crippen LogP contribution in [0.2, 0.25) is 0 Å². The molecule has 1 aliphatic rings. The van der Waals surface area contributed by atoms with Crippen LogP contribution in [-0.4, -0.2) is 45.7 Å². The first kappa shape index (κ1) is 13.5. The Balaban J connectivity index is 1.94. The van der Waals surface area contributed by atoms with Crippen LogP contribution in [0.15, 0.2) is 27.7 Å². The number of morpholine rings is 1. The van der Waals surface area contributed by atoms with Gasteiger partial charge < -0.3 is 19.1 Å². The van der Waals surface area contributed by atoms with Gasteiger partial charge in [-0.1, -0.05) is 5.16 Å². The number of amides is 1.